The van der Waals surface area contributed by atoms with Gasteiger partial charge in [-0.1, -0.05) is 0 Å². The highest BCUT2D eigenvalue weighted by Gasteiger charge is 2.40. The average Bonchev–Trinajstić information content (AvgIpc) is 2.92. The van der Waals surface area contributed by atoms with Gasteiger partial charge in [-0.3, -0.25) is 4.79 Å². The van der Waals surface area contributed by atoms with E-state index in [2.05, 4.69) is 11.4 Å². The standard InChI is InChI=1S/C14H18N2O3/c1-11(9-12-3-2-6-19-12)16-13(17)14(10-15)4-7-18-8-5-14/h2-3,6,11H,4-5,7-9H2,1H3,(H,16,17). The zero-order valence-electron chi connectivity index (χ0n) is 11.0. The van der Waals surface area contributed by atoms with E-state index in [0.29, 0.717) is 32.5 Å². The van der Waals surface area contributed by atoms with Crippen LogP contribution in [-0.4, -0.2) is 25.2 Å². The summed E-state index contributed by atoms with van der Waals surface area (Å²) in [5, 5.41) is 12.2. The number of rotatable bonds is 4. The van der Waals surface area contributed by atoms with Gasteiger partial charge in [-0.2, -0.15) is 5.26 Å². The molecule has 1 amide bonds. The van der Waals surface area contributed by atoms with Gasteiger partial charge in [0.1, 0.15) is 11.2 Å². The number of carbonyl (C=O) groups is 1. The molecular formula is C14H18N2O3. The second kappa shape index (κ2) is 5.89. The molecule has 2 heterocycles. The average molecular weight is 262 g/mol. The fourth-order valence-corrected chi connectivity index (χ4v) is 2.25. The summed E-state index contributed by atoms with van der Waals surface area (Å²) in [6, 6.07) is 5.79. The van der Waals surface area contributed by atoms with Crippen molar-refractivity contribution in [3.63, 3.8) is 0 Å². The first-order chi connectivity index (χ1) is 9.16. The smallest absolute Gasteiger partial charge is 0.240 e. The fraction of sp³-hybridized carbons (Fsp3) is 0.571. The van der Waals surface area contributed by atoms with Gasteiger partial charge in [-0.15, -0.1) is 0 Å². The van der Waals surface area contributed by atoms with Crippen LogP contribution in [0.3, 0.4) is 0 Å². The van der Waals surface area contributed by atoms with E-state index in [1.54, 1.807) is 6.26 Å². The maximum atomic E-state index is 12.3. The maximum Gasteiger partial charge on any atom is 0.240 e. The first-order valence-electron chi connectivity index (χ1n) is 6.49. The van der Waals surface area contributed by atoms with Crippen LogP contribution in [0, 0.1) is 16.7 Å². The number of carbonyl (C=O) groups excluding carboxylic acids is 1. The normalized spacial score (nSPS) is 19.4. The predicted molar refractivity (Wildman–Crippen MR) is 68.1 cm³/mol. The van der Waals surface area contributed by atoms with Crippen molar-refractivity contribution in [2.75, 3.05) is 13.2 Å². The molecule has 0 aliphatic carbocycles. The van der Waals surface area contributed by atoms with Crippen LogP contribution in [0.5, 0.6) is 0 Å². The fourth-order valence-electron chi connectivity index (χ4n) is 2.25. The van der Waals surface area contributed by atoms with Gasteiger partial charge in [0, 0.05) is 25.7 Å². The third-order valence-corrected chi connectivity index (χ3v) is 3.46. The van der Waals surface area contributed by atoms with Gasteiger partial charge >= 0.3 is 0 Å². The molecule has 0 radical (unpaired) electrons. The number of nitrogens with one attached hydrogen (secondary N) is 1. The number of amides is 1. The van der Waals surface area contributed by atoms with Crippen molar-refractivity contribution in [1.29, 1.82) is 5.26 Å². The van der Waals surface area contributed by atoms with Gasteiger partial charge in [0.05, 0.1) is 12.3 Å². The van der Waals surface area contributed by atoms with Crippen LogP contribution in [0.4, 0.5) is 0 Å². The lowest BCUT2D eigenvalue weighted by Crippen LogP contribution is -2.47. The van der Waals surface area contributed by atoms with E-state index < -0.39 is 5.41 Å². The van der Waals surface area contributed by atoms with Crippen molar-refractivity contribution in [3.05, 3.63) is 24.2 Å². The minimum atomic E-state index is -0.935. The summed E-state index contributed by atoms with van der Waals surface area (Å²) in [5.41, 5.74) is -0.935. The summed E-state index contributed by atoms with van der Waals surface area (Å²) in [6.07, 6.45) is 3.15. The molecule has 1 aliphatic heterocycles. The SMILES string of the molecule is CC(Cc1ccco1)NC(=O)C1(C#N)CCOCC1. The molecule has 1 fully saturated rings. The summed E-state index contributed by atoms with van der Waals surface area (Å²) in [7, 11) is 0. The first-order valence-corrected chi connectivity index (χ1v) is 6.49. The van der Waals surface area contributed by atoms with Gasteiger partial charge in [0.2, 0.25) is 5.91 Å². The van der Waals surface area contributed by atoms with Crippen molar-refractivity contribution in [1.82, 2.24) is 5.32 Å². The van der Waals surface area contributed by atoms with Crippen LogP contribution in [0.1, 0.15) is 25.5 Å². The van der Waals surface area contributed by atoms with E-state index in [1.165, 1.54) is 0 Å². The molecule has 102 valence electrons. The second-order valence-corrected chi connectivity index (χ2v) is 4.96. The Morgan fingerprint density at radius 1 is 1.58 bits per heavy atom. The minimum Gasteiger partial charge on any atom is -0.469 e. The number of hydrogen-bond donors (Lipinski definition) is 1. The molecule has 1 aromatic heterocycles. The Morgan fingerprint density at radius 3 is 2.89 bits per heavy atom. The Labute approximate surface area is 112 Å². The zero-order valence-corrected chi connectivity index (χ0v) is 11.0. The number of ether oxygens (including phenoxy) is 1. The molecule has 1 unspecified atom stereocenters. The van der Waals surface area contributed by atoms with E-state index in [4.69, 9.17) is 9.15 Å². The second-order valence-electron chi connectivity index (χ2n) is 4.96. The summed E-state index contributed by atoms with van der Waals surface area (Å²) < 4.78 is 10.5. The lowest BCUT2D eigenvalue weighted by Gasteiger charge is -2.30. The maximum absolute atomic E-state index is 12.3. The van der Waals surface area contributed by atoms with Crippen molar-refractivity contribution in [2.24, 2.45) is 5.41 Å². The third kappa shape index (κ3) is 3.15. The lowest BCUT2D eigenvalue weighted by atomic mass is 9.80. The van der Waals surface area contributed by atoms with Crippen molar-refractivity contribution in [3.8, 4) is 6.07 Å². The van der Waals surface area contributed by atoms with Crippen molar-refractivity contribution in [2.45, 2.75) is 32.2 Å². The molecule has 0 aromatic carbocycles. The molecule has 0 saturated carbocycles. The summed E-state index contributed by atoms with van der Waals surface area (Å²) in [4.78, 5) is 12.3. The topological polar surface area (TPSA) is 75.3 Å². The van der Waals surface area contributed by atoms with Gasteiger partial charge in [-0.05, 0) is 31.9 Å². The van der Waals surface area contributed by atoms with Gasteiger partial charge < -0.3 is 14.5 Å². The Kier molecular flexibility index (Phi) is 4.23. The minimum absolute atomic E-state index is 0.0632. The van der Waals surface area contributed by atoms with Crippen molar-refractivity contribution < 1.29 is 13.9 Å². The number of hydrogen-bond acceptors (Lipinski definition) is 4. The van der Waals surface area contributed by atoms with E-state index >= 15 is 0 Å². The van der Waals surface area contributed by atoms with E-state index in [9.17, 15) is 10.1 Å². The van der Waals surface area contributed by atoms with Crippen LogP contribution in [0.15, 0.2) is 22.8 Å². The molecular weight excluding hydrogens is 244 g/mol. The molecule has 19 heavy (non-hydrogen) atoms. The predicted octanol–water partition coefficient (Wildman–Crippen LogP) is 1.65. The van der Waals surface area contributed by atoms with Crippen LogP contribution in [-0.2, 0) is 16.0 Å². The third-order valence-electron chi connectivity index (χ3n) is 3.46. The molecule has 1 atom stereocenters. The Hall–Kier alpha value is -1.80. The van der Waals surface area contributed by atoms with Gasteiger partial charge in [0.15, 0.2) is 0 Å². The van der Waals surface area contributed by atoms with E-state index in [0.717, 1.165) is 5.76 Å². The highest BCUT2D eigenvalue weighted by atomic mass is 16.5. The Bertz CT molecular complexity index is 456. The van der Waals surface area contributed by atoms with Crippen molar-refractivity contribution >= 4 is 5.91 Å². The molecule has 0 bridgehead atoms. The largest absolute Gasteiger partial charge is 0.469 e. The molecule has 1 saturated heterocycles. The summed E-state index contributed by atoms with van der Waals surface area (Å²) in [6.45, 7) is 2.84. The monoisotopic (exact) mass is 262 g/mol. The number of nitriles is 1. The van der Waals surface area contributed by atoms with Crippen LogP contribution < -0.4 is 5.32 Å². The quantitative estimate of drug-likeness (QED) is 0.895. The highest BCUT2D eigenvalue weighted by molar-refractivity contribution is 5.85. The highest BCUT2D eigenvalue weighted by Crippen LogP contribution is 2.30. The van der Waals surface area contributed by atoms with Gasteiger partial charge in [0.25, 0.3) is 0 Å². The molecule has 5 heteroatoms. The van der Waals surface area contributed by atoms with E-state index in [-0.39, 0.29) is 11.9 Å². The van der Waals surface area contributed by atoms with Crippen LogP contribution in [0.25, 0.3) is 0 Å². The molecule has 2 rings (SSSR count). The van der Waals surface area contributed by atoms with Gasteiger partial charge in [-0.25, -0.2) is 0 Å². The molecule has 1 N–H and O–H groups in total. The van der Waals surface area contributed by atoms with Crippen LogP contribution in [0.2, 0.25) is 0 Å². The summed E-state index contributed by atoms with van der Waals surface area (Å²) >= 11 is 0. The molecule has 0 spiro atoms. The van der Waals surface area contributed by atoms with E-state index in [1.807, 2.05) is 19.1 Å². The molecule has 5 nitrogen and oxygen atoms in total. The molecule has 1 aliphatic rings. The first kappa shape index (κ1) is 13.6. The molecule has 1 aromatic rings. The summed E-state index contributed by atoms with van der Waals surface area (Å²) in [5.74, 6) is 0.628. The van der Waals surface area contributed by atoms with Crippen LogP contribution >= 0.6 is 0 Å². The number of furan rings is 1. The number of nitrogens with zero attached hydrogens (tertiary/aromatic N) is 1. The zero-order chi connectivity index (χ0) is 13.7. The Balaban J connectivity index is 1.94. The lowest BCUT2D eigenvalue weighted by molar-refractivity contribution is -0.133. The Morgan fingerprint density at radius 2 is 2.32 bits per heavy atom.